The van der Waals surface area contributed by atoms with E-state index in [1.165, 1.54) is 24.1 Å². The predicted octanol–water partition coefficient (Wildman–Crippen LogP) is 2.41. The van der Waals surface area contributed by atoms with E-state index in [1.807, 2.05) is 13.8 Å². The molecule has 116 valence electrons. The van der Waals surface area contributed by atoms with Crippen LogP contribution in [-0.2, 0) is 4.74 Å². The highest BCUT2D eigenvalue weighted by Gasteiger charge is 2.18. The number of hydrogen-bond donors (Lipinski definition) is 2. The van der Waals surface area contributed by atoms with Gasteiger partial charge in [-0.1, -0.05) is 0 Å². The third kappa shape index (κ3) is 4.71. The molecule has 1 aromatic rings. The van der Waals surface area contributed by atoms with E-state index >= 15 is 0 Å². The zero-order valence-corrected chi connectivity index (χ0v) is 12.2. The van der Waals surface area contributed by atoms with Crippen molar-refractivity contribution in [3.8, 4) is 0 Å². The van der Waals surface area contributed by atoms with Crippen LogP contribution in [0.1, 0.15) is 24.2 Å². The van der Waals surface area contributed by atoms with Gasteiger partial charge in [0, 0.05) is 19.7 Å². The van der Waals surface area contributed by atoms with Crippen molar-refractivity contribution in [2.24, 2.45) is 0 Å². The number of methoxy groups -OCH3 is 1. The monoisotopic (exact) mass is 298 g/mol. The van der Waals surface area contributed by atoms with Gasteiger partial charge in [-0.05, 0) is 32.0 Å². The van der Waals surface area contributed by atoms with Crippen LogP contribution in [0, 0.1) is 5.82 Å². The minimum absolute atomic E-state index is 0.0620. The molecular formula is C14H19FN2O4. The fraction of sp³-hybridized carbons (Fsp3) is 0.429. The molecule has 0 saturated carbocycles. The lowest BCUT2D eigenvalue weighted by atomic mass is 10.2. The van der Waals surface area contributed by atoms with Crippen molar-refractivity contribution in [2.45, 2.75) is 19.9 Å². The van der Waals surface area contributed by atoms with E-state index in [4.69, 9.17) is 9.84 Å². The first-order chi connectivity index (χ1) is 9.86. The molecule has 0 unspecified atom stereocenters. The molecule has 21 heavy (non-hydrogen) atoms. The number of carboxylic acid groups (broad SMARTS) is 1. The number of aromatic carboxylic acids is 1. The van der Waals surface area contributed by atoms with Gasteiger partial charge in [-0.15, -0.1) is 0 Å². The summed E-state index contributed by atoms with van der Waals surface area (Å²) in [5.41, 5.74) is -0.237. The number of nitrogens with zero attached hydrogens (tertiary/aromatic N) is 1. The number of hydrogen-bond acceptors (Lipinski definition) is 3. The molecule has 2 N–H and O–H groups in total. The van der Waals surface area contributed by atoms with Crippen LogP contribution in [0.15, 0.2) is 18.2 Å². The Morgan fingerprint density at radius 2 is 2.10 bits per heavy atom. The molecule has 0 fully saturated rings. The van der Waals surface area contributed by atoms with E-state index in [0.717, 1.165) is 6.07 Å². The number of carboxylic acids is 1. The first kappa shape index (κ1) is 16.9. The molecule has 6 nitrogen and oxygen atoms in total. The summed E-state index contributed by atoms with van der Waals surface area (Å²) in [6, 6.07) is 2.78. The van der Waals surface area contributed by atoms with Crippen LogP contribution in [0.5, 0.6) is 0 Å². The SMILES string of the molecule is COCCN(C(=O)Nc1ccc(C(=O)O)cc1F)C(C)C. The Bertz CT molecular complexity index is 520. The smallest absolute Gasteiger partial charge is 0.335 e. The molecule has 1 aromatic carbocycles. The average Bonchev–Trinajstić information content (AvgIpc) is 2.40. The van der Waals surface area contributed by atoms with Crippen LogP contribution in [0.4, 0.5) is 14.9 Å². The van der Waals surface area contributed by atoms with Gasteiger partial charge in [0.15, 0.2) is 0 Å². The molecule has 0 heterocycles. The van der Waals surface area contributed by atoms with E-state index in [-0.39, 0.29) is 17.3 Å². The largest absolute Gasteiger partial charge is 0.478 e. The fourth-order valence-corrected chi connectivity index (χ4v) is 1.72. The Labute approximate surface area is 122 Å². The van der Waals surface area contributed by atoms with Gasteiger partial charge in [-0.25, -0.2) is 14.0 Å². The lowest BCUT2D eigenvalue weighted by Gasteiger charge is -2.26. The Morgan fingerprint density at radius 1 is 1.43 bits per heavy atom. The molecule has 0 spiro atoms. The van der Waals surface area contributed by atoms with Gasteiger partial charge in [0.2, 0.25) is 0 Å². The van der Waals surface area contributed by atoms with Crippen LogP contribution in [0.3, 0.4) is 0 Å². The van der Waals surface area contributed by atoms with Crippen molar-refractivity contribution in [2.75, 3.05) is 25.6 Å². The summed E-state index contributed by atoms with van der Waals surface area (Å²) in [5.74, 6) is -2.02. The van der Waals surface area contributed by atoms with E-state index in [2.05, 4.69) is 5.32 Å². The number of amides is 2. The van der Waals surface area contributed by atoms with Crippen molar-refractivity contribution in [3.05, 3.63) is 29.6 Å². The van der Waals surface area contributed by atoms with Crippen LogP contribution in [0.2, 0.25) is 0 Å². The summed E-state index contributed by atoms with van der Waals surface area (Å²) in [5, 5.41) is 11.2. The van der Waals surface area contributed by atoms with Gasteiger partial charge < -0.3 is 20.1 Å². The Kier molecular flexibility index (Phi) is 6.10. The number of anilines is 1. The third-order valence-electron chi connectivity index (χ3n) is 2.88. The zero-order chi connectivity index (χ0) is 16.0. The van der Waals surface area contributed by atoms with Crippen molar-refractivity contribution in [3.63, 3.8) is 0 Å². The highest BCUT2D eigenvalue weighted by atomic mass is 19.1. The molecule has 7 heteroatoms. The van der Waals surface area contributed by atoms with E-state index < -0.39 is 17.8 Å². The quantitative estimate of drug-likeness (QED) is 0.845. The first-order valence-electron chi connectivity index (χ1n) is 6.46. The highest BCUT2D eigenvalue weighted by Crippen LogP contribution is 2.17. The molecule has 0 aliphatic rings. The molecule has 0 atom stereocenters. The Morgan fingerprint density at radius 3 is 2.57 bits per heavy atom. The van der Waals surface area contributed by atoms with Crippen molar-refractivity contribution < 1.29 is 23.8 Å². The molecule has 0 radical (unpaired) electrons. The molecule has 0 bridgehead atoms. The van der Waals surface area contributed by atoms with Gasteiger partial charge in [0.05, 0.1) is 17.9 Å². The van der Waals surface area contributed by atoms with Crippen molar-refractivity contribution in [1.82, 2.24) is 4.90 Å². The van der Waals surface area contributed by atoms with Gasteiger partial charge in [0.25, 0.3) is 0 Å². The number of urea groups is 1. The normalized spacial score (nSPS) is 10.5. The molecule has 0 aromatic heterocycles. The zero-order valence-electron chi connectivity index (χ0n) is 12.2. The number of ether oxygens (including phenoxy) is 1. The summed E-state index contributed by atoms with van der Waals surface area (Å²) in [6.45, 7) is 4.40. The highest BCUT2D eigenvalue weighted by molar-refractivity contribution is 5.92. The van der Waals surface area contributed by atoms with Crippen LogP contribution in [0.25, 0.3) is 0 Å². The van der Waals surface area contributed by atoms with Gasteiger partial charge >= 0.3 is 12.0 Å². The lowest BCUT2D eigenvalue weighted by molar-refractivity contribution is 0.0696. The number of benzene rings is 1. The minimum Gasteiger partial charge on any atom is -0.478 e. The second-order valence-corrected chi connectivity index (χ2v) is 4.71. The molecule has 1 rings (SSSR count). The van der Waals surface area contributed by atoms with E-state index in [1.54, 1.807) is 0 Å². The second kappa shape index (κ2) is 7.58. The summed E-state index contributed by atoms with van der Waals surface area (Å²) < 4.78 is 18.7. The number of halogens is 1. The molecule has 0 saturated heterocycles. The third-order valence-corrected chi connectivity index (χ3v) is 2.88. The average molecular weight is 298 g/mol. The summed E-state index contributed by atoms with van der Waals surface area (Å²) in [6.07, 6.45) is 0. The van der Waals surface area contributed by atoms with E-state index in [0.29, 0.717) is 13.2 Å². The van der Waals surface area contributed by atoms with Crippen LogP contribution >= 0.6 is 0 Å². The van der Waals surface area contributed by atoms with Crippen LogP contribution in [-0.4, -0.2) is 48.3 Å². The van der Waals surface area contributed by atoms with Gasteiger partial charge in [-0.2, -0.15) is 0 Å². The molecular weight excluding hydrogens is 279 g/mol. The maximum atomic E-state index is 13.8. The maximum absolute atomic E-state index is 13.8. The predicted molar refractivity (Wildman–Crippen MR) is 76.1 cm³/mol. The van der Waals surface area contributed by atoms with Gasteiger partial charge in [-0.3, -0.25) is 0 Å². The van der Waals surface area contributed by atoms with Crippen molar-refractivity contribution in [1.29, 1.82) is 0 Å². The maximum Gasteiger partial charge on any atom is 0.335 e. The molecule has 0 aliphatic heterocycles. The minimum atomic E-state index is -1.23. The fourth-order valence-electron chi connectivity index (χ4n) is 1.72. The Hall–Kier alpha value is -2.15. The standard InChI is InChI=1S/C14H19FN2O4/c1-9(2)17(6-7-21-3)14(20)16-12-5-4-10(13(18)19)8-11(12)15/h4-5,8-9H,6-7H2,1-3H3,(H,16,20)(H,18,19). The summed E-state index contributed by atoms with van der Waals surface area (Å²) >= 11 is 0. The van der Waals surface area contributed by atoms with Gasteiger partial charge in [0.1, 0.15) is 5.82 Å². The first-order valence-corrected chi connectivity index (χ1v) is 6.46. The summed E-state index contributed by atoms with van der Waals surface area (Å²) in [4.78, 5) is 24.3. The molecule has 0 aliphatic carbocycles. The number of nitrogens with one attached hydrogen (secondary N) is 1. The number of carbonyl (C=O) groups excluding carboxylic acids is 1. The number of carbonyl (C=O) groups is 2. The summed E-state index contributed by atoms with van der Waals surface area (Å²) in [7, 11) is 1.53. The van der Waals surface area contributed by atoms with E-state index in [9.17, 15) is 14.0 Å². The van der Waals surface area contributed by atoms with Crippen LogP contribution < -0.4 is 5.32 Å². The number of rotatable bonds is 6. The topological polar surface area (TPSA) is 78.9 Å². The second-order valence-electron chi connectivity index (χ2n) is 4.71. The lowest BCUT2D eigenvalue weighted by Crippen LogP contribution is -2.42. The molecule has 2 amide bonds. The van der Waals surface area contributed by atoms with Crippen molar-refractivity contribution >= 4 is 17.7 Å². The Balaban J connectivity index is 2.83.